The molecule has 1 aliphatic carbocycles. The van der Waals surface area contributed by atoms with Gasteiger partial charge in [-0.1, -0.05) is 23.7 Å². The van der Waals surface area contributed by atoms with Gasteiger partial charge in [0.05, 0.1) is 17.3 Å². The number of hydrogen-bond donors (Lipinski definition) is 1. The summed E-state index contributed by atoms with van der Waals surface area (Å²) in [5, 5.41) is 4.03. The lowest BCUT2D eigenvalue weighted by atomic mass is 10.0. The van der Waals surface area contributed by atoms with Crippen molar-refractivity contribution < 1.29 is 13.2 Å². The van der Waals surface area contributed by atoms with Crippen molar-refractivity contribution in [3.63, 3.8) is 0 Å². The summed E-state index contributed by atoms with van der Waals surface area (Å²) in [6.45, 7) is 1.73. The minimum absolute atomic E-state index is 0.0866. The van der Waals surface area contributed by atoms with Gasteiger partial charge in [-0.15, -0.1) is 0 Å². The molecule has 1 aromatic carbocycles. The van der Waals surface area contributed by atoms with Crippen LogP contribution >= 0.6 is 11.6 Å². The van der Waals surface area contributed by atoms with Crippen molar-refractivity contribution in [1.82, 2.24) is 14.9 Å². The highest BCUT2D eigenvalue weighted by atomic mass is 35.5. The Hall–Kier alpha value is -1.53. The van der Waals surface area contributed by atoms with Crippen LogP contribution in [0.4, 0.5) is 13.2 Å². The van der Waals surface area contributed by atoms with Crippen LogP contribution in [-0.2, 0) is 19.1 Å². The van der Waals surface area contributed by atoms with E-state index in [0.29, 0.717) is 17.5 Å². The van der Waals surface area contributed by atoms with E-state index in [4.69, 9.17) is 11.6 Å². The number of hydrogen-bond acceptors (Lipinski definition) is 2. The summed E-state index contributed by atoms with van der Waals surface area (Å²) in [7, 11) is 0. The first kappa shape index (κ1) is 16.9. The molecule has 0 radical (unpaired) electrons. The van der Waals surface area contributed by atoms with Crippen molar-refractivity contribution in [1.29, 1.82) is 0 Å². The Kier molecular flexibility index (Phi) is 4.28. The number of halogens is 4. The molecule has 0 spiro atoms. The van der Waals surface area contributed by atoms with Crippen LogP contribution in [0.3, 0.4) is 0 Å². The predicted octanol–water partition coefficient (Wildman–Crippen LogP) is 4.71. The fourth-order valence-corrected chi connectivity index (χ4v) is 3.85. The molecule has 4 rings (SSSR count). The van der Waals surface area contributed by atoms with Gasteiger partial charge in [-0.25, -0.2) is 4.98 Å². The molecule has 2 heterocycles. The second-order valence-corrected chi connectivity index (χ2v) is 7.17. The molecule has 0 saturated heterocycles. The highest BCUT2D eigenvalue weighted by Crippen LogP contribution is 2.42. The lowest BCUT2D eigenvalue weighted by Gasteiger charge is -2.27. The van der Waals surface area contributed by atoms with Crippen LogP contribution in [0.5, 0.6) is 0 Å². The number of rotatable bonds is 4. The van der Waals surface area contributed by atoms with Gasteiger partial charge in [-0.2, -0.15) is 13.2 Å². The Morgan fingerprint density at radius 3 is 2.56 bits per heavy atom. The molecular weight excluding hydrogens is 351 g/mol. The van der Waals surface area contributed by atoms with E-state index in [1.54, 1.807) is 12.1 Å². The molecule has 1 atom stereocenters. The Labute approximate surface area is 149 Å². The zero-order valence-corrected chi connectivity index (χ0v) is 14.4. The summed E-state index contributed by atoms with van der Waals surface area (Å²) in [6.07, 6.45) is -0.466. The summed E-state index contributed by atoms with van der Waals surface area (Å²) in [5.74, 6) is 1.64. The molecule has 25 heavy (non-hydrogen) atoms. The number of nitrogens with one attached hydrogen (secondary N) is 1. The third kappa shape index (κ3) is 3.42. The molecule has 2 aromatic rings. The summed E-state index contributed by atoms with van der Waals surface area (Å²) in [6, 6.07) is 5.49. The van der Waals surface area contributed by atoms with Gasteiger partial charge in [0.25, 0.3) is 0 Å². The number of nitrogens with zero attached hydrogens (tertiary/aromatic N) is 2. The van der Waals surface area contributed by atoms with Crippen LogP contribution < -0.4 is 5.32 Å². The molecule has 0 bridgehead atoms. The molecule has 1 fully saturated rings. The first-order valence-corrected chi connectivity index (χ1v) is 8.96. The lowest BCUT2D eigenvalue weighted by molar-refractivity contribution is -0.137. The number of aryl methyl sites for hydroxylation is 1. The maximum absolute atomic E-state index is 12.6. The first-order chi connectivity index (χ1) is 11.9. The van der Waals surface area contributed by atoms with Gasteiger partial charge in [0.2, 0.25) is 0 Å². The van der Waals surface area contributed by atoms with Crippen molar-refractivity contribution >= 4 is 11.6 Å². The van der Waals surface area contributed by atoms with Gasteiger partial charge in [0, 0.05) is 19.0 Å². The third-order valence-electron chi connectivity index (χ3n) is 4.99. The van der Waals surface area contributed by atoms with E-state index >= 15 is 0 Å². The average molecular weight is 370 g/mol. The Bertz CT molecular complexity index is 763. The molecular formula is C18H19ClF3N3. The van der Waals surface area contributed by atoms with E-state index in [1.807, 2.05) is 0 Å². The van der Waals surface area contributed by atoms with Crippen LogP contribution in [-0.4, -0.2) is 16.1 Å². The van der Waals surface area contributed by atoms with E-state index in [2.05, 4.69) is 14.9 Å². The van der Waals surface area contributed by atoms with Gasteiger partial charge in [-0.3, -0.25) is 0 Å². The van der Waals surface area contributed by atoms with Crippen molar-refractivity contribution in [2.45, 2.75) is 50.4 Å². The van der Waals surface area contributed by atoms with Crippen LogP contribution in [0, 0.1) is 0 Å². The van der Waals surface area contributed by atoms with Crippen molar-refractivity contribution in [2.24, 2.45) is 0 Å². The zero-order chi connectivity index (χ0) is 17.6. The smallest absolute Gasteiger partial charge is 0.328 e. The molecule has 134 valence electrons. The fraction of sp³-hybridized carbons (Fsp3) is 0.500. The monoisotopic (exact) mass is 369 g/mol. The summed E-state index contributed by atoms with van der Waals surface area (Å²) in [5.41, 5.74) is 1.31. The summed E-state index contributed by atoms with van der Waals surface area (Å²) in [4.78, 5) is 4.56. The minimum atomic E-state index is -4.29. The van der Waals surface area contributed by atoms with Gasteiger partial charge in [0.15, 0.2) is 5.15 Å². The van der Waals surface area contributed by atoms with E-state index in [1.165, 1.54) is 12.8 Å². The van der Waals surface area contributed by atoms with Crippen molar-refractivity contribution in [3.05, 3.63) is 52.1 Å². The fourth-order valence-electron chi connectivity index (χ4n) is 3.53. The third-order valence-corrected chi connectivity index (χ3v) is 5.27. The first-order valence-electron chi connectivity index (χ1n) is 8.59. The van der Waals surface area contributed by atoms with Crippen LogP contribution in [0.25, 0.3) is 0 Å². The molecule has 1 aromatic heterocycles. The van der Waals surface area contributed by atoms with Gasteiger partial charge < -0.3 is 9.88 Å². The van der Waals surface area contributed by atoms with E-state index in [0.717, 1.165) is 48.7 Å². The second-order valence-electron chi connectivity index (χ2n) is 6.81. The van der Waals surface area contributed by atoms with Gasteiger partial charge >= 0.3 is 6.18 Å². The van der Waals surface area contributed by atoms with Crippen LogP contribution in [0.15, 0.2) is 24.3 Å². The number of fused-ring (bicyclic) bond motifs is 1. The normalized spacial score (nSPS) is 20.6. The number of aromatic nitrogens is 2. The van der Waals surface area contributed by atoms with Gasteiger partial charge in [-0.05, 0) is 43.4 Å². The molecule has 1 saturated carbocycles. The Balaban J connectivity index is 1.48. The Morgan fingerprint density at radius 1 is 1.20 bits per heavy atom. The highest BCUT2D eigenvalue weighted by Gasteiger charge is 2.34. The van der Waals surface area contributed by atoms with E-state index in [-0.39, 0.29) is 6.04 Å². The van der Waals surface area contributed by atoms with Gasteiger partial charge in [0.1, 0.15) is 5.82 Å². The summed E-state index contributed by atoms with van der Waals surface area (Å²) < 4.78 is 40.2. The standard InChI is InChI=1S/C18H19ClF3N3/c19-16-15-14(23-9-10-25(15)17(24-16)12-4-5-12)8-3-11-1-6-13(7-2-11)18(20,21)22/h1-2,6-7,12,14,23H,3-5,8-10H2. The quantitative estimate of drug-likeness (QED) is 0.845. The largest absolute Gasteiger partial charge is 0.416 e. The summed E-state index contributed by atoms with van der Waals surface area (Å²) >= 11 is 6.39. The molecule has 3 nitrogen and oxygen atoms in total. The second kappa shape index (κ2) is 6.32. The zero-order valence-electron chi connectivity index (χ0n) is 13.6. The number of alkyl halides is 3. The molecule has 2 aliphatic rings. The highest BCUT2D eigenvalue weighted by molar-refractivity contribution is 6.30. The predicted molar refractivity (Wildman–Crippen MR) is 89.7 cm³/mol. The maximum atomic E-state index is 12.6. The molecule has 1 N–H and O–H groups in total. The van der Waals surface area contributed by atoms with Crippen molar-refractivity contribution in [3.8, 4) is 0 Å². The number of imidazole rings is 1. The SMILES string of the molecule is FC(F)(F)c1ccc(CCC2NCCn3c(C4CC4)nc(Cl)c32)cc1. The van der Waals surface area contributed by atoms with Crippen LogP contribution in [0.1, 0.15) is 53.9 Å². The minimum Gasteiger partial charge on any atom is -0.328 e. The van der Waals surface area contributed by atoms with E-state index in [9.17, 15) is 13.2 Å². The molecule has 7 heteroatoms. The van der Waals surface area contributed by atoms with E-state index < -0.39 is 11.7 Å². The molecule has 1 unspecified atom stereocenters. The maximum Gasteiger partial charge on any atom is 0.416 e. The topological polar surface area (TPSA) is 29.9 Å². The Morgan fingerprint density at radius 2 is 1.92 bits per heavy atom. The van der Waals surface area contributed by atoms with Crippen LogP contribution in [0.2, 0.25) is 5.15 Å². The number of benzene rings is 1. The lowest BCUT2D eigenvalue weighted by Crippen LogP contribution is -2.34. The molecule has 1 aliphatic heterocycles. The molecule has 0 amide bonds. The van der Waals surface area contributed by atoms with Crippen molar-refractivity contribution in [2.75, 3.05) is 6.54 Å². The average Bonchev–Trinajstić information content (AvgIpc) is 3.37.